The second kappa shape index (κ2) is 4.33. The van der Waals surface area contributed by atoms with Crippen molar-refractivity contribution >= 4 is 23.1 Å². The number of halogens is 4. The Bertz CT molecular complexity index is 499. The van der Waals surface area contributed by atoms with Gasteiger partial charge in [-0.05, 0) is 19.1 Å². The SMILES string of the molecule is CC(=O)c1cc(C(F)(F)F)cc(Cl)c1[N+](=O)[O-]. The van der Waals surface area contributed by atoms with Crippen molar-refractivity contribution < 1.29 is 22.9 Å². The summed E-state index contributed by atoms with van der Waals surface area (Å²) >= 11 is 5.39. The number of hydrogen-bond donors (Lipinski definition) is 0. The summed E-state index contributed by atoms with van der Waals surface area (Å²) in [4.78, 5) is 20.7. The molecule has 0 heterocycles. The molecule has 0 fully saturated rings. The van der Waals surface area contributed by atoms with Crippen LogP contribution in [-0.2, 0) is 6.18 Å². The van der Waals surface area contributed by atoms with Crippen LogP contribution in [0.4, 0.5) is 18.9 Å². The Balaban J connectivity index is 3.58. The highest BCUT2D eigenvalue weighted by atomic mass is 35.5. The van der Waals surface area contributed by atoms with Gasteiger partial charge >= 0.3 is 6.18 Å². The molecule has 0 N–H and O–H groups in total. The van der Waals surface area contributed by atoms with E-state index in [1.54, 1.807) is 0 Å². The highest BCUT2D eigenvalue weighted by molar-refractivity contribution is 6.33. The third kappa shape index (κ3) is 2.73. The number of benzene rings is 1. The highest BCUT2D eigenvalue weighted by Crippen LogP contribution is 2.37. The fourth-order valence-electron chi connectivity index (χ4n) is 1.22. The molecule has 92 valence electrons. The Labute approximate surface area is 98.1 Å². The predicted octanol–water partition coefficient (Wildman–Crippen LogP) is 3.47. The molecule has 0 saturated heterocycles. The molecule has 8 heteroatoms. The van der Waals surface area contributed by atoms with Gasteiger partial charge in [0.05, 0.1) is 16.1 Å². The highest BCUT2D eigenvalue weighted by Gasteiger charge is 2.34. The molecule has 0 aliphatic rings. The largest absolute Gasteiger partial charge is 0.416 e. The third-order valence-electron chi connectivity index (χ3n) is 1.95. The number of ketones is 1. The minimum absolute atomic E-state index is 0.423. The number of nitrogens with zero attached hydrogens (tertiary/aromatic N) is 1. The number of Topliss-reactive ketones (excluding diaryl/α,β-unsaturated/α-hetero) is 1. The van der Waals surface area contributed by atoms with Crippen LogP contribution < -0.4 is 0 Å². The molecule has 0 bridgehead atoms. The van der Waals surface area contributed by atoms with Gasteiger partial charge in [0, 0.05) is 0 Å². The van der Waals surface area contributed by atoms with Crippen LogP contribution in [0.5, 0.6) is 0 Å². The van der Waals surface area contributed by atoms with Crippen LogP contribution in [-0.4, -0.2) is 10.7 Å². The zero-order valence-electron chi connectivity index (χ0n) is 8.34. The summed E-state index contributed by atoms with van der Waals surface area (Å²) in [5.74, 6) is -0.857. The van der Waals surface area contributed by atoms with Gasteiger partial charge in [-0.1, -0.05) is 11.6 Å². The first-order valence-corrected chi connectivity index (χ1v) is 4.58. The number of alkyl halides is 3. The van der Waals surface area contributed by atoms with Gasteiger partial charge in [0.15, 0.2) is 5.78 Å². The van der Waals surface area contributed by atoms with Gasteiger partial charge < -0.3 is 0 Å². The fraction of sp³-hybridized carbons (Fsp3) is 0.222. The number of rotatable bonds is 2. The normalized spacial score (nSPS) is 11.4. The van der Waals surface area contributed by atoms with Crippen molar-refractivity contribution in [3.8, 4) is 0 Å². The van der Waals surface area contributed by atoms with Gasteiger partial charge in [-0.2, -0.15) is 13.2 Å². The molecule has 1 aromatic rings. The molecule has 4 nitrogen and oxygen atoms in total. The summed E-state index contributed by atoms with van der Waals surface area (Å²) in [7, 11) is 0. The van der Waals surface area contributed by atoms with Crippen LogP contribution in [0, 0.1) is 10.1 Å². The third-order valence-corrected chi connectivity index (χ3v) is 2.24. The summed E-state index contributed by atoms with van der Waals surface area (Å²) in [5.41, 5.74) is -2.67. The Morgan fingerprint density at radius 3 is 2.29 bits per heavy atom. The number of carbonyl (C=O) groups is 1. The average Bonchev–Trinajstić information content (AvgIpc) is 2.13. The van der Waals surface area contributed by atoms with Crippen molar-refractivity contribution in [3.63, 3.8) is 0 Å². The lowest BCUT2D eigenvalue weighted by atomic mass is 10.1. The van der Waals surface area contributed by atoms with Gasteiger partial charge in [-0.3, -0.25) is 14.9 Å². The zero-order valence-corrected chi connectivity index (χ0v) is 9.09. The Morgan fingerprint density at radius 2 is 1.94 bits per heavy atom. The molecule has 0 radical (unpaired) electrons. The summed E-state index contributed by atoms with van der Waals surface area (Å²) in [6.45, 7) is 0.929. The first-order chi connectivity index (χ1) is 7.64. The van der Waals surface area contributed by atoms with E-state index in [0.717, 1.165) is 6.92 Å². The Morgan fingerprint density at radius 1 is 1.41 bits per heavy atom. The molecule has 1 aromatic carbocycles. The monoisotopic (exact) mass is 267 g/mol. The summed E-state index contributed by atoms with van der Waals surface area (Å²) < 4.78 is 37.2. The molecule has 0 aliphatic carbocycles. The van der Waals surface area contributed by atoms with Gasteiger partial charge in [-0.15, -0.1) is 0 Å². The van der Waals surface area contributed by atoms with E-state index < -0.39 is 38.7 Å². The molecular formula is C9H5ClF3NO3. The van der Waals surface area contributed by atoms with Crippen LogP contribution >= 0.6 is 11.6 Å². The van der Waals surface area contributed by atoms with Crippen molar-refractivity contribution in [2.24, 2.45) is 0 Å². The van der Waals surface area contributed by atoms with E-state index in [4.69, 9.17) is 11.6 Å². The topological polar surface area (TPSA) is 60.2 Å². The molecular weight excluding hydrogens is 263 g/mol. The van der Waals surface area contributed by atoms with Gasteiger partial charge in [-0.25, -0.2) is 0 Å². The van der Waals surface area contributed by atoms with Crippen LogP contribution in [0.25, 0.3) is 0 Å². The summed E-state index contributed by atoms with van der Waals surface area (Å²) in [6, 6.07) is 0.846. The molecule has 0 spiro atoms. The summed E-state index contributed by atoms with van der Waals surface area (Å²) in [5, 5.41) is 9.88. The minimum atomic E-state index is -4.72. The molecule has 0 unspecified atom stereocenters. The fourth-order valence-corrected chi connectivity index (χ4v) is 1.51. The van der Waals surface area contributed by atoms with Gasteiger partial charge in [0.1, 0.15) is 5.02 Å². The van der Waals surface area contributed by atoms with Crippen molar-refractivity contribution in [3.05, 3.63) is 38.4 Å². The number of nitro benzene ring substituents is 1. The van der Waals surface area contributed by atoms with Crippen molar-refractivity contribution in [1.29, 1.82) is 0 Å². The van der Waals surface area contributed by atoms with Crippen LogP contribution in [0.15, 0.2) is 12.1 Å². The van der Waals surface area contributed by atoms with Gasteiger partial charge in [0.2, 0.25) is 0 Å². The van der Waals surface area contributed by atoms with Crippen molar-refractivity contribution in [1.82, 2.24) is 0 Å². The van der Waals surface area contributed by atoms with Crippen LogP contribution in [0.3, 0.4) is 0 Å². The van der Waals surface area contributed by atoms with Crippen molar-refractivity contribution in [2.75, 3.05) is 0 Å². The number of hydrogen-bond acceptors (Lipinski definition) is 3. The van der Waals surface area contributed by atoms with E-state index in [1.165, 1.54) is 0 Å². The molecule has 0 amide bonds. The molecule has 0 aromatic heterocycles. The molecule has 0 saturated carbocycles. The first-order valence-electron chi connectivity index (χ1n) is 4.20. The van der Waals surface area contributed by atoms with Gasteiger partial charge in [0.25, 0.3) is 5.69 Å². The lowest BCUT2D eigenvalue weighted by Crippen LogP contribution is -2.09. The van der Waals surface area contributed by atoms with E-state index in [1.807, 2.05) is 0 Å². The standard InChI is InChI=1S/C9H5ClF3NO3/c1-4(15)6-2-5(9(11,12)13)3-7(10)8(6)14(16)17/h2-3H,1H3. The van der Waals surface area contributed by atoms with E-state index in [2.05, 4.69) is 0 Å². The van der Waals surface area contributed by atoms with E-state index in [9.17, 15) is 28.1 Å². The second-order valence-corrected chi connectivity index (χ2v) is 3.57. The lowest BCUT2D eigenvalue weighted by molar-refractivity contribution is -0.385. The first kappa shape index (κ1) is 13.4. The maximum Gasteiger partial charge on any atom is 0.416 e. The zero-order chi connectivity index (χ0) is 13.4. The van der Waals surface area contributed by atoms with E-state index in [0.29, 0.717) is 12.1 Å². The van der Waals surface area contributed by atoms with E-state index in [-0.39, 0.29) is 0 Å². The van der Waals surface area contributed by atoms with E-state index >= 15 is 0 Å². The maximum absolute atomic E-state index is 12.4. The number of nitro groups is 1. The number of carbonyl (C=O) groups excluding carboxylic acids is 1. The van der Waals surface area contributed by atoms with Crippen molar-refractivity contribution in [2.45, 2.75) is 13.1 Å². The molecule has 0 atom stereocenters. The minimum Gasteiger partial charge on any atom is -0.294 e. The molecule has 17 heavy (non-hydrogen) atoms. The smallest absolute Gasteiger partial charge is 0.294 e. The van der Waals surface area contributed by atoms with Crippen LogP contribution in [0.2, 0.25) is 5.02 Å². The molecule has 1 rings (SSSR count). The Kier molecular flexibility index (Phi) is 3.42. The quantitative estimate of drug-likeness (QED) is 0.468. The maximum atomic E-state index is 12.4. The van der Waals surface area contributed by atoms with Crippen LogP contribution in [0.1, 0.15) is 22.8 Å². The molecule has 0 aliphatic heterocycles. The predicted molar refractivity (Wildman–Crippen MR) is 53.1 cm³/mol. The Hall–Kier alpha value is -1.63. The average molecular weight is 268 g/mol. The second-order valence-electron chi connectivity index (χ2n) is 3.17. The lowest BCUT2D eigenvalue weighted by Gasteiger charge is -2.09. The summed E-state index contributed by atoms with van der Waals surface area (Å²) in [6.07, 6.45) is -4.72.